The largest absolute Gasteiger partial charge is 0.350 e. The lowest BCUT2D eigenvalue weighted by Gasteiger charge is -2.39. The second-order valence-electron chi connectivity index (χ2n) is 7.37. The number of nitrogens with zero attached hydrogens (tertiary/aromatic N) is 1. The van der Waals surface area contributed by atoms with Crippen molar-refractivity contribution in [1.29, 1.82) is 0 Å². The summed E-state index contributed by atoms with van der Waals surface area (Å²) in [4.78, 5) is 0.352. The number of hydrogen-bond acceptors (Lipinski definition) is 3. The quantitative estimate of drug-likeness (QED) is 0.802. The fourth-order valence-electron chi connectivity index (χ4n) is 4.15. The van der Waals surface area contributed by atoms with E-state index in [4.69, 9.17) is 4.74 Å². The summed E-state index contributed by atoms with van der Waals surface area (Å²) in [6, 6.07) is 17.1. The van der Waals surface area contributed by atoms with E-state index >= 15 is 0 Å². The molecule has 1 atom stereocenters. The van der Waals surface area contributed by atoms with Gasteiger partial charge in [0.1, 0.15) is 5.72 Å². The first-order chi connectivity index (χ1) is 12.5. The fourth-order valence-corrected chi connectivity index (χ4v) is 5.87. The molecule has 5 heteroatoms. The minimum absolute atomic E-state index is 0.213. The van der Waals surface area contributed by atoms with E-state index < -0.39 is 15.7 Å². The van der Waals surface area contributed by atoms with Gasteiger partial charge in [0.15, 0.2) is 0 Å². The third kappa shape index (κ3) is 3.08. The molecule has 1 aliphatic heterocycles. The van der Waals surface area contributed by atoms with Crippen molar-refractivity contribution in [3.05, 3.63) is 65.7 Å². The summed E-state index contributed by atoms with van der Waals surface area (Å²) < 4.78 is 35.0. The molecule has 4 rings (SSSR count). The van der Waals surface area contributed by atoms with E-state index in [1.807, 2.05) is 49.4 Å². The van der Waals surface area contributed by atoms with Crippen LogP contribution >= 0.6 is 0 Å². The Labute approximate surface area is 155 Å². The number of aryl methyl sites for hydroxylation is 1. The molecule has 26 heavy (non-hydrogen) atoms. The van der Waals surface area contributed by atoms with Crippen molar-refractivity contribution in [1.82, 2.24) is 4.31 Å². The van der Waals surface area contributed by atoms with Crippen molar-refractivity contribution in [2.75, 3.05) is 6.54 Å². The molecule has 1 saturated carbocycles. The Bertz CT molecular complexity index is 856. The Balaban J connectivity index is 1.73. The summed E-state index contributed by atoms with van der Waals surface area (Å²) in [6.45, 7) is 2.34. The molecule has 1 saturated heterocycles. The Hall–Kier alpha value is -1.69. The van der Waals surface area contributed by atoms with E-state index in [-0.39, 0.29) is 6.10 Å². The first-order valence-corrected chi connectivity index (χ1v) is 10.8. The van der Waals surface area contributed by atoms with E-state index in [0.29, 0.717) is 11.4 Å². The van der Waals surface area contributed by atoms with Crippen LogP contribution in [0.3, 0.4) is 0 Å². The molecule has 138 valence electrons. The van der Waals surface area contributed by atoms with E-state index in [9.17, 15) is 8.42 Å². The highest BCUT2D eigenvalue weighted by atomic mass is 32.2. The SMILES string of the molecule is Cc1ccc(S(=O)(=O)N2C[C@H](c3ccccc3)OC23CCCCC3)cc1. The molecule has 2 aromatic carbocycles. The number of hydrogen-bond donors (Lipinski definition) is 0. The Morgan fingerprint density at radius 1 is 0.962 bits per heavy atom. The monoisotopic (exact) mass is 371 g/mol. The summed E-state index contributed by atoms with van der Waals surface area (Å²) in [5.74, 6) is 0. The Morgan fingerprint density at radius 3 is 2.27 bits per heavy atom. The third-order valence-corrected chi connectivity index (χ3v) is 7.49. The van der Waals surface area contributed by atoms with Gasteiger partial charge in [-0.2, -0.15) is 4.31 Å². The molecule has 0 aromatic heterocycles. The molecule has 0 unspecified atom stereocenters. The molecule has 0 amide bonds. The van der Waals surface area contributed by atoms with Gasteiger partial charge in [0, 0.05) is 6.54 Å². The summed E-state index contributed by atoms with van der Waals surface area (Å²) in [6.07, 6.45) is 4.46. The number of benzene rings is 2. The number of rotatable bonds is 3. The smallest absolute Gasteiger partial charge is 0.245 e. The molecule has 2 aromatic rings. The molecule has 2 fully saturated rings. The lowest BCUT2D eigenvalue weighted by Crippen LogP contribution is -2.49. The van der Waals surface area contributed by atoms with Gasteiger partial charge in [-0.25, -0.2) is 8.42 Å². The van der Waals surface area contributed by atoms with Crippen LogP contribution in [-0.4, -0.2) is 25.0 Å². The van der Waals surface area contributed by atoms with Crippen LogP contribution in [0.25, 0.3) is 0 Å². The summed E-state index contributed by atoms with van der Waals surface area (Å²) in [7, 11) is -3.60. The minimum Gasteiger partial charge on any atom is -0.350 e. The standard InChI is InChI=1S/C21H25NO3S/c1-17-10-12-19(13-11-17)26(23,24)22-16-20(18-8-4-2-5-9-18)25-21(22)14-6-3-7-15-21/h2,4-5,8-13,20H,3,6-7,14-16H2,1H3/t20-/m1/s1. The highest BCUT2D eigenvalue weighted by Crippen LogP contribution is 2.47. The van der Waals surface area contributed by atoms with Crippen molar-refractivity contribution in [3.63, 3.8) is 0 Å². The van der Waals surface area contributed by atoms with Crippen molar-refractivity contribution < 1.29 is 13.2 Å². The molecule has 4 nitrogen and oxygen atoms in total. The van der Waals surface area contributed by atoms with Crippen LogP contribution in [0, 0.1) is 6.92 Å². The van der Waals surface area contributed by atoms with Gasteiger partial charge < -0.3 is 4.74 Å². The van der Waals surface area contributed by atoms with Gasteiger partial charge in [-0.3, -0.25) is 0 Å². The van der Waals surface area contributed by atoms with Gasteiger partial charge in [-0.15, -0.1) is 0 Å². The van der Waals surface area contributed by atoms with E-state index in [0.717, 1.165) is 43.2 Å². The lowest BCUT2D eigenvalue weighted by molar-refractivity contribution is -0.103. The van der Waals surface area contributed by atoms with Crippen LogP contribution < -0.4 is 0 Å². The zero-order chi connectivity index (χ0) is 18.2. The zero-order valence-corrected chi connectivity index (χ0v) is 15.9. The van der Waals surface area contributed by atoms with Gasteiger partial charge in [0.25, 0.3) is 0 Å². The molecule has 1 aliphatic carbocycles. The second-order valence-corrected chi connectivity index (χ2v) is 9.24. The third-order valence-electron chi connectivity index (χ3n) is 5.56. The second kappa shape index (κ2) is 6.80. The average molecular weight is 372 g/mol. The lowest BCUT2D eigenvalue weighted by atomic mass is 9.92. The Morgan fingerprint density at radius 2 is 1.62 bits per heavy atom. The molecule has 2 aliphatic rings. The van der Waals surface area contributed by atoms with Gasteiger partial charge in [0.2, 0.25) is 10.0 Å². The van der Waals surface area contributed by atoms with Crippen LogP contribution in [0.1, 0.15) is 49.3 Å². The Kier molecular flexibility index (Phi) is 4.63. The molecule has 0 bridgehead atoms. The van der Waals surface area contributed by atoms with E-state index in [2.05, 4.69) is 0 Å². The molecule has 0 N–H and O–H groups in total. The molecule has 1 heterocycles. The predicted octanol–water partition coefficient (Wildman–Crippen LogP) is 4.42. The average Bonchev–Trinajstić information content (AvgIpc) is 3.03. The summed E-state index contributed by atoms with van der Waals surface area (Å²) in [5.41, 5.74) is 1.39. The van der Waals surface area contributed by atoms with Gasteiger partial charge in [-0.05, 0) is 50.3 Å². The van der Waals surface area contributed by atoms with Crippen LogP contribution in [-0.2, 0) is 14.8 Å². The van der Waals surface area contributed by atoms with Crippen molar-refractivity contribution in [2.24, 2.45) is 0 Å². The minimum atomic E-state index is -3.60. The molecule has 0 radical (unpaired) electrons. The van der Waals surface area contributed by atoms with Gasteiger partial charge >= 0.3 is 0 Å². The molecular weight excluding hydrogens is 346 g/mol. The highest BCUT2D eigenvalue weighted by molar-refractivity contribution is 7.89. The van der Waals surface area contributed by atoms with Crippen molar-refractivity contribution in [3.8, 4) is 0 Å². The maximum absolute atomic E-state index is 13.4. The summed E-state index contributed by atoms with van der Waals surface area (Å²) >= 11 is 0. The zero-order valence-electron chi connectivity index (χ0n) is 15.1. The first-order valence-electron chi connectivity index (χ1n) is 9.34. The normalized spacial score (nSPS) is 23.3. The number of ether oxygens (including phenoxy) is 1. The van der Waals surface area contributed by atoms with Crippen molar-refractivity contribution in [2.45, 2.75) is 55.8 Å². The molecule has 1 spiro atoms. The van der Waals surface area contributed by atoms with Crippen LogP contribution in [0.4, 0.5) is 0 Å². The van der Waals surface area contributed by atoms with Crippen molar-refractivity contribution >= 4 is 10.0 Å². The fraction of sp³-hybridized carbons (Fsp3) is 0.429. The highest BCUT2D eigenvalue weighted by Gasteiger charge is 2.53. The van der Waals surface area contributed by atoms with Crippen LogP contribution in [0.15, 0.2) is 59.5 Å². The van der Waals surface area contributed by atoms with E-state index in [1.165, 1.54) is 0 Å². The maximum atomic E-state index is 13.4. The summed E-state index contributed by atoms with van der Waals surface area (Å²) in [5, 5.41) is 0. The van der Waals surface area contributed by atoms with E-state index in [1.54, 1.807) is 16.4 Å². The topological polar surface area (TPSA) is 46.6 Å². The van der Waals surface area contributed by atoms with Gasteiger partial charge in [0.05, 0.1) is 11.0 Å². The van der Waals surface area contributed by atoms with Gasteiger partial charge in [-0.1, -0.05) is 54.4 Å². The molecular formula is C21H25NO3S. The maximum Gasteiger partial charge on any atom is 0.245 e. The predicted molar refractivity (Wildman–Crippen MR) is 101 cm³/mol. The van der Waals surface area contributed by atoms with Crippen LogP contribution in [0.2, 0.25) is 0 Å². The van der Waals surface area contributed by atoms with Crippen LogP contribution in [0.5, 0.6) is 0 Å². The first kappa shape index (κ1) is 17.7. The number of sulfonamides is 1.